The van der Waals surface area contributed by atoms with Gasteiger partial charge in [-0.1, -0.05) is 19.1 Å². The number of hydrogen-bond donors (Lipinski definition) is 1. The van der Waals surface area contributed by atoms with Crippen molar-refractivity contribution in [2.24, 2.45) is 18.7 Å². The standard InChI is InChI=1S/C24H24N6O2/c1-14-9-24(10-14,23-28-26-13-29(23)3)17-5-4-6-18(8-17)30-11-15(2)20-21(30)16(12-31)7-19(27-20)22(25)32/h4-8,11-14H,9-10H2,1-3H3,(H2,25,32). The number of fused-ring (bicyclic) bond motifs is 1. The predicted octanol–water partition coefficient (Wildman–Crippen LogP) is 3.09. The van der Waals surface area contributed by atoms with Crippen molar-refractivity contribution in [2.45, 2.75) is 32.1 Å². The van der Waals surface area contributed by atoms with E-state index in [1.54, 1.807) is 6.33 Å². The van der Waals surface area contributed by atoms with Gasteiger partial charge < -0.3 is 14.9 Å². The SMILES string of the molecule is Cc1cn(-c2cccc(C3(c4nncn4C)CC(C)C3)c2)c2c(C=O)cc(C(N)=O)nc12. The molecular formula is C24H24N6O2. The number of pyridine rings is 1. The van der Waals surface area contributed by atoms with E-state index in [0.29, 0.717) is 22.5 Å². The number of carbonyl (C=O) groups excluding carboxylic acids is 2. The number of carbonyl (C=O) groups is 2. The molecule has 0 radical (unpaired) electrons. The van der Waals surface area contributed by atoms with Gasteiger partial charge in [0.15, 0.2) is 6.29 Å². The molecule has 3 heterocycles. The van der Waals surface area contributed by atoms with Gasteiger partial charge in [-0.05, 0) is 55.0 Å². The maximum absolute atomic E-state index is 11.9. The van der Waals surface area contributed by atoms with Crippen molar-refractivity contribution in [3.8, 4) is 5.69 Å². The Morgan fingerprint density at radius 2 is 2.06 bits per heavy atom. The van der Waals surface area contributed by atoms with Gasteiger partial charge in [-0.3, -0.25) is 9.59 Å². The summed E-state index contributed by atoms with van der Waals surface area (Å²) in [4.78, 5) is 28.0. The van der Waals surface area contributed by atoms with E-state index in [-0.39, 0.29) is 11.1 Å². The fourth-order valence-corrected chi connectivity index (χ4v) is 5.17. The molecule has 0 unspecified atom stereocenters. The molecule has 32 heavy (non-hydrogen) atoms. The predicted molar refractivity (Wildman–Crippen MR) is 120 cm³/mol. The summed E-state index contributed by atoms with van der Waals surface area (Å²) in [7, 11) is 1.98. The third kappa shape index (κ3) is 2.86. The molecular weight excluding hydrogens is 404 g/mol. The third-order valence-corrected chi connectivity index (χ3v) is 6.55. The van der Waals surface area contributed by atoms with Crippen LogP contribution in [0.2, 0.25) is 0 Å². The molecule has 0 bridgehead atoms. The highest BCUT2D eigenvalue weighted by Crippen LogP contribution is 2.51. The summed E-state index contributed by atoms with van der Waals surface area (Å²) in [6.07, 6.45) is 6.41. The number of amides is 1. The first-order valence-corrected chi connectivity index (χ1v) is 10.6. The molecule has 1 aliphatic rings. The average Bonchev–Trinajstić information content (AvgIpc) is 3.34. The van der Waals surface area contributed by atoms with Crippen molar-refractivity contribution in [3.63, 3.8) is 0 Å². The molecule has 1 aliphatic carbocycles. The minimum Gasteiger partial charge on any atom is -0.364 e. The normalized spacial score (nSPS) is 20.3. The Bertz CT molecular complexity index is 1380. The van der Waals surface area contributed by atoms with Crippen molar-refractivity contribution in [2.75, 3.05) is 0 Å². The van der Waals surface area contributed by atoms with Crippen LogP contribution in [-0.2, 0) is 12.5 Å². The van der Waals surface area contributed by atoms with Crippen LogP contribution in [-0.4, -0.2) is 36.5 Å². The molecule has 0 atom stereocenters. The lowest BCUT2D eigenvalue weighted by Crippen LogP contribution is -2.43. The number of nitrogens with two attached hydrogens (primary N) is 1. The monoisotopic (exact) mass is 428 g/mol. The van der Waals surface area contributed by atoms with Gasteiger partial charge in [0.05, 0.1) is 16.4 Å². The van der Waals surface area contributed by atoms with Crippen molar-refractivity contribution < 1.29 is 9.59 Å². The van der Waals surface area contributed by atoms with Crippen LogP contribution in [0.3, 0.4) is 0 Å². The number of hydrogen-bond acceptors (Lipinski definition) is 5. The second-order valence-electron chi connectivity index (χ2n) is 8.87. The Balaban J connectivity index is 1.70. The van der Waals surface area contributed by atoms with Crippen LogP contribution in [0, 0.1) is 12.8 Å². The Hall–Kier alpha value is -3.81. The number of aldehydes is 1. The summed E-state index contributed by atoms with van der Waals surface area (Å²) >= 11 is 0. The van der Waals surface area contributed by atoms with E-state index in [2.05, 4.69) is 34.2 Å². The van der Waals surface area contributed by atoms with Gasteiger partial charge in [-0.2, -0.15) is 0 Å². The van der Waals surface area contributed by atoms with Crippen molar-refractivity contribution in [1.29, 1.82) is 0 Å². The van der Waals surface area contributed by atoms with Crippen LogP contribution >= 0.6 is 0 Å². The molecule has 4 aromatic rings. The zero-order valence-corrected chi connectivity index (χ0v) is 18.2. The lowest BCUT2D eigenvalue weighted by molar-refractivity contribution is 0.0996. The molecule has 0 saturated heterocycles. The highest BCUT2D eigenvalue weighted by molar-refractivity contribution is 6.01. The van der Waals surface area contributed by atoms with Crippen molar-refractivity contribution in [3.05, 3.63) is 71.1 Å². The molecule has 1 amide bonds. The second kappa shape index (κ2) is 7.12. The van der Waals surface area contributed by atoms with Crippen LogP contribution in [0.1, 0.15) is 57.6 Å². The Kier molecular flexibility index (Phi) is 4.47. The number of aromatic nitrogens is 5. The molecule has 0 spiro atoms. The van der Waals surface area contributed by atoms with Crippen molar-refractivity contribution in [1.82, 2.24) is 24.3 Å². The van der Waals surface area contributed by atoms with Crippen LogP contribution < -0.4 is 5.73 Å². The van der Waals surface area contributed by atoms with E-state index in [9.17, 15) is 9.59 Å². The molecule has 1 fully saturated rings. The van der Waals surface area contributed by atoms with E-state index in [4.69, 9.17) is 5.73 Å². The quantitative estimate of drug-likeness (QED) is 0.491. The number of nitrogens with zero attached hydrogens (tertiary/aromatic N) is 5. The molecule has 0 aliphatic heterocycles. The molecule has 2 N–H and O–H groups in total. The third-order valence-electron chi connectivity index (χ3n) is 6.55. The molecule has 8 nitrogen and oxygen atoms in total. The number of aryl methyl sites for hydroxylation is 2. The molecule has 162 valence electrons. The summed E-state index contributed by atoms with van der Waals surface area (Å²) < 4.78 is 3.95. The molecule has 5 rings (SSSR count). The number of rotatable bonds is 5. The van der Waals surface area contributed by atoms with E-state index in [1.807, 2.05) is 41.4 Å². The fraction of sp³-hybridized carbons (Fsp3) is 0.292. The first-order valence-electron chi connectivity index (χ1n) is 10.6. The van der Waals surface area contributed by atoms with E-state index in [1.165, 1.54) is 6.07 Å². The zero-order chi connectivity index (χ0) is 22.6. The van der Waals surface area contributed by atoms with Crippen LogP contribution in [0.5, 0.6) is 0 Å². The van der Waals surface area contributed by atoms with Gasteiger partial charge >= 0.3 is 0 Å². The van der Waals surface area contributed by atoms with Gasteiger partial charge in [0, 0.05) is 24.5 Å². The lowest BCUT2D eigenvalue weighted by atomic mass is 9.58. The molecule has 1 saturated carbocycles. The summed E-state index contributed by atoms with van der Waals surface area (Å²) in [5.41, 5.74) is 9.88. The maximum Gasteiger partial charge on any atom is 0.267 e. The van der Waals surface area contributed by atoms with Gasteiger partial charge in [0.1, 0.15) is 17.8 Å². The topological polar surface area (TPSA) is 109 Å². The summed E-state index contributed by atoms with van der Waals surface area (Å²) in [5.74, 6) is 0.902. The smallest absolute Gasteiger partial charge is 0.267 e. The first-order chi connectivity index (χ1) is 15.3. The summed E-state index contributed by atoms with van der Waals surface area (Å²) in [5, 5.41) is 8.55. The van der Waals surface area contributed by atoms with Crippen molar-refractivity contribution >= 4 is 23.2 Å². The minimum absolute atomic E-state index is 0.0823. The van der Waals surface area contributed by atoms with Gasteiger partial charge in [-0.15, -0.1) is 10.2 Å². The molecule has 1 aromatic carbocycles. The molecule has 3 aromatic heterocycles. The average molecular weight is 428 g/mol. The molecule has 8 heteroatoms. The largest absolute Gasteiger partial charge is 0.364 e. The van der Waals surface area contributed by atoms with Crippen LogP contribution in [0.15, 0.2) is 42.9 Å². The van der Waals surface area contributed by atoms with E-state index in [0.717, 1.165) is 41.8 Å². The van der Waals surface area contributed by atoms with Crippen LogP contribution in [0.25, 0.3) is 16.7 Å². The number of primary amides is 1. The number of benzene rings is 1. The van der Waals surface area contributed by atoms with Gasteiger partial charge in [-0.25, -0.2) is 4.98 Å². The van der Waals surface area contributed by atoms with Gasteiger partial charge in [0.2, 0.25) is 0 Å². The van der Waals surface area contributed by atoms with Crippen LogP contribution in [0.4, 0.5) is 0 Å². The Morgan fingerprint density at radius 1 is 1.28 bits per heavy atom. The van der Waals surface area contributed by atoms with E-state index >= 15 is 0 Å². The highest BCUT2D eigenvalue weighted by Gasteiger charge is 2.48. The second-order valence-corrected chi connectivity index (χ2v) is 8.87. The van der Waals surface area contributed by atoms with Gasteiger partial charge in [0.25, 0.3) is 5.91 Å². The first kappa shape index (κ1) is 20.1. The highest BCUT2D eigenvalue weighted by atomic mass is 16.1. The zero-order valence-electron chi connectivity index (χ0n) is 18.2. The van der Waals surface area contributed by atoms with E-state index < -0.39 is 5.91 Å². The lowest BCUT2D eigenvalue weighted by Gasteiger charge is -2.46. The minimum atomic E-state index is -0.658. The Morgan fingerprint density at radius 3 is 2.69 bits per heavy atom. The summed E-state index contributed by atoms with van der Waals surface area (Å²) in [6, 6.07) is 9.76. The Labute approximate surface area is 185 Å². The summed E-state index contributed by atoms with van der Waals surface area (Å²) in [6.45, 7) is 4.16. The fourth-order valence-electron chi connectivity index (χ4n) is 5.17. The maximum atomic E-state index is 11.9.